The zero-order valence-corrected chi connectivity index (χ0v) is 17.2. The Hall–Kier alpha value is -2.19. The van der Waals surface area contributed by atoms with Crippen LogP contribution >= 0.6 is 23.4 Å². The minimum absolute atomic E-state index is 0.00700. The second kappa shape index (κ2) is 7.91. The van der Waals surface area contributed by atoms with Gasteiger partial charge in [0.1, 0.15) is 22.5 Å². The van der Waals surface area contributed by atoms with Gasteiger partial charge in [0.15, 0.2) is 10.5 Å². The average molecular weight is 434 g/mol. The molecule has 1 fully saturated rings. The monoisotopic (exact) mass is 433 g/mol. The highest BCUT2D eigenvalue weighted by molar-refractivity contribution is 7.99. The summed E-state index contributed by atoms with van der Waals surface area (Å²) in [5.74, 6) is -0.976. The van der Waals surface area contributed by atoms with E-state index in [-0.39, 0.29) is 27.6 Å². The summed E-state index contributed by atoms with van der Waals surface area (Å²) >= 11 is 7.39. The molecule has 0 saturated carbocycles. The van der Waals surface area contributed by atoms with Gasteiger partial charge in [0.2, 0.25) is 0 Å². The van der Waals surface area contributed by atoms with Gasteiger partial charge in [0, 0.05) is 35.1 Å². The molecule has 0 amide bonds. The van der Waals surface area contributed by atoms with Gasteiger partial charge in [-0.3, -0.25) is 4.79 Å². The van der Waals surface area contributed by atoms with Crippen molar-refractivity contribution in [1.82, 2.24) is 4.90 Å². The van der Waals surface area contributed by atoms with Crippen LogP contribution in [0, 0.1) is 0 Å². The van der Waals surface area contributed by atoms with E-state index in [0.29, 0.717) is 28.4 Å². The van der Waals surface area contributed by atoms with E-state index in [4.69, 9.17) is 16.0 Å². The number of likely N-dealkylation sites (tertiary alicyclic amines) is 1. The largest absolute Gasteiger partial charge is 0.507 e. The van der Waals surface area contributed by atoms with E-state index in [1.165, 1.54) is 17.8 Å². The molecule has 152 valence electrons. The third kappa shape index (κ3) is 3.83. The van der Waals surface area contributed by atoms with E-state index in [1.807, 2.05) is 18.0 Å². The number of aliphatic hydroxyl groups is 1. The van der Waals surface area contributed by atoms with Crippen LogP contribution < -0.4 is 5.43 Å². The van der Waals surface area contributed by atoms with Gasteiger partial charge in [-0.2, -0.15) is 0 Å². The lowest BCUT2D eigenvalue weighted by molar-refractivity contribution is 0.0630. The molecule has 1 saturated heterocycles. The molecule has 6 nitrogen and oxygen atoms in total. The van der Waals surface area contributed by atoms with Crippen molar-refractivity contribution in [3.8, 4) is 11.5 Å². The molecule has 2 atom stereocenters. The molecule has 29 heavy (non-hydrogen) atoms. The van der Waals surface area contributed by atoms with Crippen molar-refractivity contribution in [3.05, 3.63) is 57.2 Å². The lowest BCUT2D eigenvalue weighted by Crippen LogP contribution is -2.40. The first-order valence-electron chi connectivity index (χ1n) is 9.17. The van der Waals surface area contributed by atoms with Gasteiger partial charge in [0.05, 0.1) is 11.1 Å². The van der Waals surface area contributed by atoms with Gasteiger partial charge in [-0.1, -0.05) is 35.5 Å². The Balaban J connectivity index is 1.88. The predicted molar refractivity (Wildman–Crippen MR) is 112 cm³/mol. The number of β-amino-alcohol motifs (C(OH)–C–C–N with tert-alkyl or cyclic N) is 1. The van der Waals surface area contributed by atoms with Crippen LogP contribution in [0.25, 0.3) is 11.0 Å². The number of benzene rings is 2. The molecule has 2 heterocycles. The Morgan fingerprint density at radius 1 is 1.21 bits per heavy atom. The predicted octanol–water partition coefficient (Wildman–Crippen LogP) is 3.79. The second-order valence-electron chi connectivity index (χ2n) is 7.22. The summed E-state index contributed by atoms with van der Waals surface area (Å²) in [6.45, 7) is 1.16. The van der Waals surface area contributed by atoms with E-state index in [1.54, 1.807) is 18.2 Å². The maximum absolute atomic E-state index is 12.8. The highest BCUT2D eigenvalue weighted by Gasteiger charge is 2.33. The quantitative estimate of drug-likeness (QED) is 0.578. The van der Waals surface area contributed by atoms with Gasteiger partial charge < -0.3 is 24.6 Å². The first-order chi connectivity index (χ1) is 13.8. The van der Waals surface area contributed by atoms with E-state index in [2.05, 4.69) is 0 Å². The molecule has 3 aromatic rings. The summed E-state index contributed by atoms with van der Waals surface area (Å²) in [7, 11) is 1.91. The summed E-state index contributed by atoms with van der Waals surface area (Å²) < 4.78 is 5.98. The molecular weight excluding hydrogens is 414 g/mol. The fourth-order valence-electron chi connectivity index (χ4n) is 3.77. The van der Waals surface area contributed by atoms with Crippen LogP contribution in [0.1, 0.15) is 17.9 Å². The Bertz CT molecular complexity index is 1130. The van der Waals surface area contributed by atoms with Crippen LogP contribution in [0.4, 0.5) is 0 Å². The zero-order valence-electron chi connectivity index (χ0n) is 15.6. The lowest BCUT2D eigenvalue weighted by atomic mass is 9.85. The van der Waals surface area contributed by atoms with Gasteiger partial charge in [0.25, 0.3) is 0 Å². The molecule has 1 aromatic heterocycles. The molecule has 0 unspecified atom stereocenters. The van der Waals surface area contributed by atoms with Crippen molar-refractivity contribution in [3.63, 3.8) is 0 Å². The molecule has 0 spiro atoms. The maximum Gasteiger partial charge on any atom is 0.197 e. The van der Waals surface area contributed by atoms with Crippen LogP contribution in [-0.2, 0) is 0 Å². The molecule has 1 aliphatic rings. The lowest BCUT2D eigenvalue weighted by Gasteiger charge is -2.34. The number of rotatable bonds is 3. The number of nitrogens with zero attached hydrogens (tertiary/aromatic N) is 1. The number of hydrogen-bond donors (Lipinski definition) is 3. The van der Waals surface area contributed by atoms with Gasteiger partial charge in [-0.25, -0.2) is 0 Å². The molecule has 2 aromatic carbocycles. The fourth-order valence-corrected chi connectivity index (χ4v) is 4.84. The summed E-state index contributed by atoms with van der Waals surface area (Å²) in [6, 6.07) is 9.60. The van der Waals surface area contributed by atoms with Gasteiger partial charge in [-0.15, -0.1) is 0 Å². The highest BCUT2D eigenvalue weighted by atomic mass is 35.5. The van der Waals surface area contributed by atoms with Crippen LogP contribution in [0.3, 0.4) is 0 Å². The third-order valence-electron chi connectivity index (χ3n) is 5.18. The number of halogens is 1. The number of fused-ring (bicyclic) bond motifs is 1. The van der Waals surface area contributed by atoms with Crippen LogP contribution in [0.5, 0.6) is 11.5 Å². The zero-order chi connectivity index (χ0) is 20.7. The van der Waals surface area contributed by atoms with E-state index in [0.717, 1.165) is 12.6 Å². The Labute approximate surface area is 176 Å². The van der Waals surface area contributed by atoms with E-state index < -0.39 is 17.5 Å². The van der Waals surface area contributed by atoms with Crippen molar-refractivity contribution in [2.75, 3.05) is 20.1 Å². The highest BCUT2D eigenvalue weighted by Crippen LogP contribution is 2.43. The molecule has 0 radical (unpaired) electrons. The number of aliphatic hydroxyl groups excluding tert-OH is 1. The first kappa shape index (κ1) is 20.1. The third-order valence-corrected chi connectivity index (χ3v) is 6.60. The van der Waals surface area contributed by atoms with Crippen LogP contribution in [-0.4, -0.2) is 46.5 Å². The SMILES string of the molecule is CN1CC[C@H](c2c(O)cc(O)c3c(=O)cc(Sc4ccccc4Cl)oc23)[C@H](O)C1. The summed E-state index contributed by atoms with van der Waals surface area (Å²) in [4.78, 5) is 15.5. The van der Waals surface area contributed by atoms with Gasteiger partial charge >= 0.3 is 0 Å². The summed E-state index contributed by atoms with van der Waals surface area (Å²) in [5, 5.41) is 32.2. The van der Waals surface area contributed by atoms with Crippen LogP contribution in [0.15, 0.2) is 55.6 Å². The molecule has 3 N–H and O–H groups in total. The van der Waals surface area contributed by atoms with Gasteiger partial charge in [-0.05, 0) is 32.1 Å². The summed E-state index contributed by atoms with van der Waals surface area (Å²) in [6.07, 6.45) is -0.158. The van der Waals surface area contributed by atoms with Crippen molar-refractivity contribution in [2.45, 2.75) is 28.4 Å². The first-order valence-corrected chi connectivity index (χ1v) is 10.4. The Morgan fingerprint density at radius 3 is 2.69 bits per heavy atom. The second-order valence-corrected chi connectivity index (χ2v) is 8.67. The fraction of sp³-hybridized carbons (Fsp3) is 0.286. The topological polar surface area (TPSA) is 94.1 Å². The number of hydrogen-bond acceptors (Lipinski definition) is 7. The molecular formula is C21H20ClNO5S. The summed E-state index contributed by atoms with van der Waals surface area (Å²) in [5.41, 5.74) is 0.0113. The van der Waals surface area contributed by atoms with Crippen LogP contribution in [0.2, 0.25) is 5.02 Å². The normalized spacial score (nSPS) is 20.2. The molecule has 0 bridgehead atoms. The molecule has 8 heteroatoms. The number of piperidine rings is 1. The van der Waals surface area contributed by atoms with Crippen molar-refractivity contribution >= 4 is 34.3 Å². The van der Waals surface area contributed by atoms with Crippen molar-refractivity contribution in [2.24, 2.45) is 0 Å². The Morgan fingerprint density at radius 2 is 1.97 bits per heavy atom. The average Bonchev–Trinajstić information content (AvgIpc) is 2.64. The van der Waals surface area contributed by atoms with Crippen molar-refractivity contribution in [1.29, 1.82) is 0 Å². The minimum atomic E-state index is -0.738. The number of phenolic OH excluding ortho intramolecular Hbond substituents is 2. The molecule has 0 aliphatic carbocycles. The van der Waals surface area contributed by atoms with Crippen molar-refractivity contribution < 1.29 is 19.7 Å². The molecule has 1 aliphatic heterocycles. The molecule has 4 rings (SSSR count). The smallest absolute Gasteiger partial charge is 0.197 e. The van der Waals surface area contributed by atoms with E-state index in [9.17, 15) is 20.1 Å². The standard InChI is InChI=1S/C21H20ClNO5S/c1-23-7-6-11(16(27)10-23)19-13(24)8-14(25)20-15(26)9-18(28-21(19)20)29-17-5-3-2-4-12(17)22/h2-5,8-9,11,16,24-25,27H,6-7,10H2,1H3/t11-,16+/m0/s1. The minimum Gasteiger partial charge on any atom is -0.507 e. The maximum atomic E-state index is 12.8. The number of aromatic hydroxyl groups is 2. The number of phenols is 2. The Kier molecular flexibility index (Phi) is 5.48. The van der Waals surface area contributed by atoms with E-state index >= 15 is 0 Å². The number of likely N-dealkylation sites (N-methyl/N-ethyl adjacent to an activating group) is 1.